The summed E-state index contributed by atoms with van der Waals surface area (Å²) in [5.74, 6) is 0.338. The fraction of sp³-hybridized carbons (Fsp3) is 0.167. The molecule has 0 aliphatic heterocycles. The monoisotopic (exact) mass is 349 g/mol. The van der Waals surface area contributed by atoms with E-state index in [9.17, 15) is 4.39 Å². The van der Waals surface area contributed by atoms with E-state index in [-0.39, 0.29) is 12.4 Å². The molecule has 26 heavy (non-hydrogen) atoms. The van der Waals surface area contributed by atoms with E-state index >= 15 is 0 Å². The topological polar surface area (TPSA) is 81.4 Å². The van der Waals surface area contributed by atoms with Crippen molar-refractivity contribution in [1.82, 2.24) is 29.9 Å². The number of benzene rings is 1. The Balaban J connectivity index is 1.52. The van der Waals surface area contributed by atoms with Gasteiger partial charge in [-0.3, -0.25) is 4.98 Å². The second-order valence-electron chi connectivity index (χ2n) is 5.77. The van der Waals surface area contributed by atoms with Gasteiger partial charge < -0.3 is 5.32 Å². The van der Waals surface area contributed by atoms with Gasteiger partial charge in [-0.2, -0.15) is 0 Å². The molecular weight excluding hydrogens is 333 g/mol. The fourth-order valence-corrected chi connectivity index (χ4v) is 2.69. The Morgan fingerprint density at radius 3 is 2.73 bits per heavy atom. The summed E-state index contributed by atoms with van der Waals surface area (Å²) < 4.78 is 15.5. The first-order valence-electron chi connectivity index (χ1n) is 8.21. The number of aromatic nitrogens is 6. The predicted octanol–water partition coefficient (Wildman–Crippen LogP) is 2.46. The van der Waals surface area contributed by atoms with Crippen molar-refractivity contribution >= 4 is 17.0 Å². The first-order valence-corrected chi connectivity index (χ1v) is 8.21. The zero-order chi connectivity index (χ0) is 17.8. The summed E-state index contributed by atoms with van der Waals surface area (Å²) in [6, 6.07) is 10.5. The first-order chi connectivity index (χ1) is 12.8. The molecule has 0 bridgehead atoms. The van der Waals surface area contributed by atoms with Crippen LogP contribution in [0.25, 0.3) is 11.2 Å². The SMILES string of the molecule is Fc1ccccc1Cn1nnc2c(NCCc3ccncc3)ncnc21. The van der Waals surface area contributed by atoms with Crippen molar-refractivity contribution in [3.63, 3.8) is 0 Å². The molecule has 0 fully saturated rings. The van der Waals surface area contributed by atoms with Gasteiger partial charge in [0.2, 0.25) is 0 Å². The Hall–Kier alpha value is -3.42. The average Bonchev–Trinajstić information content (AvgIpc) is 3.08. The van der Waals surface area contributed by atoms with E-state index < -0.39 is 0 Å². The highest BCUT2D eigenvalue weighted by atomic mass is 19.1. The highest BCUT2D eigenvalue weighted by Gasteiger charge is 2.13. The molecule has 0 radical (unpaired) electrons. The number of halogens is 1. The van der Waals surface area contributed by atoms with Crippen LogP contribution in [0.5, 0.6) is 0 Å². The van der Waals surface area contributed by atoms with E-state index in [0.29, 0.717) is 29.1 Å². The van der Waals surface area contributed by atoms with E-state index in [1.165, 1.54) is 18.0 Å². The molecule has 0 aliphatic rings. The van der Waals surface area contributed by atoms with Crippen molar-refractivity contribution in [2.45, 2.75) is 13.0 Å². The van der Waals surface area contributed by atoms with Crippen LogP contribution >= 0.6 is 0 Å². The summed E-state index contributed by atoms with van der Waals surface area (Å²) in [6.45, 7) is 0.951. The maximum absolute atomic E-state index is 13.9. The summed E-state index contributed by atoms with van der Waals surface area (Å²) in [7, 11) is 0. The minimum atomic E-state index is -0.277. The van der Waals surface area contributed by atoms with E-state index in [2.05, 4.69) is 30.6 Å². The molecule has 0 saturated carbocycles. The van der Waals surface area contributed by atoms with E-state index in [1.54, 1.807) is 35.3 Å². The Bertz CT molecular complexity index is 1020. The van der Waals surface area contributed by atoms with Crippen molar-refractivity contribution in [3.8, 4) is 0 Å². The van der Waals surface area contributed by atoms with Gasteiger partial charge in [0.05, 0.1) is 6.54 Å². The van der Waals surface area contributed by atoms with E-state index in [4.69, 9.17) is 0 Å². The first kappa shape index (κ1) is 16.1. The number of pyridine rings is 1. The van der Waals surface area contributed by atoms with Crippen LogP contribution in [0.3, 0.4) is 0 Å². The maximum Gasteiger partial charge on any atom is 0.184 e. The molecule has 0 saturated heterocycles. The molecule has 4 aromatic rings. The zero-order valence-electron chi connectivity index (χ0n) is 13.9. The van der Waals surface area contributed by atoms with Gasteiger partial charge in [0, 0.05) is 24.5 Å². The van der Waals surface area contributed by atoms with Crippen molar-refractivity contribution in [3.05, 3.63) is 72.1 Å². The summed E-state index contributed by atoms with van der Waals surface area (Å²) in [6.07, 6.45) is 5.83. The number of hydrogen-bond donors (Lipinski definition) is 1. The van der Waals surface area contributed by atoms with Gasteiger partial charge in [-0.25, -0.2) is 19.0 Å². The second-order valence-corrected chi connectivity index (χ2v) is 5.77. The minimum Gasteiger partial charge on any atom is -0.368 e. The van der Waals surface area contributed by atoms with Crippen molar-refractivity contribution < 1.29 is 4.39 Å². The predicted molar refractivity (Wildman–Crippen MR) is 95.1 cm³/mol. The van der Waals surface area contributed by atoms with Crippen LogP contribution in [0.15, 0.2) is 55.1 Å². The molecule has 8 heteroatoms. The highest BCUT2D eigenvalue weighted by Crippen LogP contribution is 2.17. The molecule has 3 aromatic heterocycles. The molecule has 4 rings (SSSR count). The Labute approximate surface area is 148 Å². The Kier molecular flexibility index (Phi) is 4.46. The third-order valence-electron chi connectivity index (χ3n) is 4.03. The molecule has 3 heterocycles. The van der Waals surface area contributed by atoms with Crippen LogP contribution < -0.4 is 5.32 Å². The lowest BCUT2D eigenvalue weighted by molar-refractivity contribution is 0.582. The lowest BCUT2D eigenvalue weighted by Gasteiger charge is -2.06. The molecule has 130 valence electrons. The quantitative estimate of drug-likeness (QED) is 0.576. The van der Waals surface area contributed by atoms with Crippen LogP contribution in [-0.4, -0.2) is 36.5 Å². The standard InChI is InChI=1S/C18H16FN7/c19-15-4-2-1-3-14(15)11-26-18-16(24-25-26)17(22-12-23-18)21-10-7-13-5-8-20-9-6-13/h1-6,8-9,12H,7,10-11H2,(H,21,22,23). The number of anilines is 1. The largest absolute Gasteiger partial charge is 0.368 e. The molecule has 0 spiro atoms. The Morgan fingerprint density at radius 2 is 1.88 bits per heavy atom. The summed E-state index contributed by atoms with van der Waals surface area (Å²) in [5, 5.41) is 11.5. The van der Waals surface area contributed by atoms with Crippen LogP contribution in [0.1, 0.15) is 11.1 Å². The van der Waals surface area contributed by atoms with Crippen molar-refractivity contribution in [2.75, 3.05) is 11.9 Å². The number of hydrogen-bond acceptors (Lipinski definition) is 6. The van der Waals surface area contributed by atoms with E-state index in [0.717, 1.165) is 6.42 Å². The Morgan fingerprint density at radius 1 is 1.04 bits per heavy atom. The molecule has 0 atom stereocenters. The van der Waals surface area contributed by atoms with Gasteiger partial charge in [0.25, 0.3) is 0 Å². The fourth-order valence-electron chi connectivity index (χ4n) is 2.69. The zero-order valence-corrected chi connectivity index (χ0v) is 13.9. The lowest BCUT2D eigenvalue weighted by atomic mass is 10.2. The molecule has 7 nitrogen and oxygen atoms in total. The second kappa shape index (κ2) is 7.22. The molecule has 1 aromatic carbocycles. The van der Waals surface area contributed by atoms with Gasteiger partial charge >= 0.3 is 0 Å². The van der Waals surface area contributed by atoms with Crippen molar-refractivity contribution in [1.29, 1.82) is 0 Å². The molecule has 0 amide bonds. The molecular formula is C18H16FN7. The normalized spacial score (nSPS) is 11.0. The summed E-state index contributed by atoms with van der Waals surface area (Å²) >= 11 is 0. The van der Waals surface area contributed by atoms with Gasteiger partial charge in [-0.15, -0.1) is 5.10 Å². The summed E-state index contributed by atoms with van der Waals surface area (Å²) in [4.78, 5) is 12.5. The van der Waals surface area contributed by atoms with Gasteiger partial charge in [-0.1, -0.05) is 23.4 Å². The lowest BCUT2D eigenvalue weighted by Crippen LogP contribution is -2.08. The number of rotatable bonds is 6. The van der Waals surface area contributed by atoms with Gasteiger partial charge in [0.15, 0.2) is 17.0 Å². The van der Waals surface area contributed by atoms with Crippen LogP contribution in [0.2, 0.25) is 0 Å². The van der Waals surface area contributed by atoms with Crippen molar-refractivity contribution in [2.24, 2.45) is 0 Å². The van der Waals surface area contributed by atoms with E-state index in [1.807, 2.05) is 12.1 Å². The highest BCUT2D eigenvalue weighted by molar-refractivity contribution is 5.81. The molecule has 0 unspecified atom stereocenters. The number of fused-ring (bicyclic) bond motifs is 1. The maximum atomic E-state index is 13.9. The smallest absolute Gasteiger partial charge is 0.184 e. The van der Waals surface area contributed by atoms with Gasteiger partial charge in [0.1, 0.15) is 12.1 Å². The average molecular weight is 349 g/mol. The molecule has 0 aliphatic carbocycles. The third kappa shape index (κ3) is 3.34. The molecule has 1 N–H and O–H groups in total. The minimum absolute atomic E-state index is 0.261. The number of nitrogens with one attached hydrogen (secondary N) is 1. The van der Waals surface area contributed by atoms with Gasteiger partial charge in [-0.05, 0) is 30.2 Å². The van der Waals surface area contributed by atoms with Crippen LogP contribution in [0, 0.1) is 5.82 Å². The van der Waals surface area contributed by atoms with Crippen LogP contribution in [0.4, 0.5) is 10.2 Å². The number of nitrogens with zero attached hydrogens (tertiary/aromatic N) is 6. The van der Waals surface area contributed by atoms with Crippen LogP contribution in [-0.2, 0) is 13.0 Å². The summed E-state index contributed by atoms with van der Waals surface area (Å²) in [5.41, 5.74) is 2.85. The third-order valence-corrected chi connectivity index (χ3v) is 4.03.